The highest BCUT2D eigenvalue weighted by Gasteiger charge is 2.48. The summed E-state index contributed by atoms with van der Waals surface area (Å²) in [4.78, 5) is 11.8. The number of carbonyl (C=O) groups is 1. The zero-order valence-electron chi connectivity index (χ0n) is 11.3. The minimum Gasteiger partial charge on any atom is -0.388 e. The topological polar surface area (TPSA) is 41.1 Å². The normalized spacial score (nSPS) is 12.2. The molecule has 1 amide bonds. The molecule has 0 bridgehead atoms. The molecule has 0 heterocycles. The first-order valence-electron chi connectivity index (χ1n) is 5.76. The molecule has 2 N–H and O–H groups in total. The highest BCUT2D eigenvalue weighted by Crippen LogP contribution is 2.30. The number of carbonyl (C=O) groups excluding carboxylic acids is 1. The Hall–Kier alpha value is -1.72. The van der Waals surface area contributed by atoms with Gasteiger partial charge in [0.2, 0.25) is 0 Å². The molecule has 0 unspecified atom stereocenters. The van der Waals surface area contributed by atoms with Crippen molar-refractivity contribution in [2.45, 2.75) is 32.5 Å². The lowest BCUT2D eigenvalue weighted by Crippen LogP contribution is -2.54. The minimum absolute atomic E-state index is 0.187. The van der Waals surface area contributed by atoms with Crippen molar-refractivity contribution in [3.05, 3.63) is 29.3 Å². The van der Waals surface area contributed by atoms with Crippen molar-refractivity contribution in [3.8, 4) is 0 Å². The van der Waals surface area contributed by atoms with Gasteiger partial charge in [0.05, 0.1) is 0 Å². The summed E-state index contributed by atoms with van der Waals surface area (Å²) in [7, 11) is 1.68. The number of alkyl halides is 3. The van der Waals surface area contributed by atoms with Crippen LogP contribution in [0.25, 0.3) is 0 Å². The quantitative estimate of drug-likeness (QED) is 0.889. The number of anilines is 1. The van der Waals surface area contributed by atoms with Crippen LogP contribution in [-0.4, -0.2) is 24.7 Å². The molecule has 1 rings (SSSR count). The number of nitrogens with one attached hydrogen (secondary N) is 2. The van der Waals surface area contributed by atoms with Crippen molar-refractivity contribution in [2.24, 2.45) is 0 Å². The van der Waals surface area contributed by atoms with E-state index in [1.807, 2.05) is 12.2 Å². The van der Waals surface area contributed by atoms with E-state index in [0.29, 0.717) is 5.69 Å². The summed E-state index contributed by atoms with van der Waals surface area (Å²) >= 11 is 0. The van der Waals surface area contributed by atoms with Crippen LogP contribution in [-0.2, 0) is 0 Å². The summed E-state index contributed by atoms with van der Waals surface area (Å²) in [5, 5.41) is 4.87. The largest absolute Gasteiger partial charge is 0.410 e. The molecule has 0 atom stereocenters. The zero-order chi connectivity index (χ0) is 14.8. The maximum absolute atomic E-state index is 12.7. The number of halogens is 3. The van der Waals surface area contributed by atoms with Crippen LogP contribution in [0, 0.1) is 6.92 Å². The number of amides is 1. The summed E-state index contributed by atoms with van der Waals surface area (Å²) in [6.45, 7) is 3.70. The Bertz CT molecular complexity index is 481. The van der Waals surface area contributed by atoms with E-state index in [-0.39, 0.29) is 5.56 Å². The number of hydrogen-bond acceptors (Lipinski definition) is 2. The highest BCUT2D eigenvalue weighted by atomic mass is 19.4. The second-order valence-electron chi connectivity index (χ2n) is 4.86. The van der Waals surface area contributed by atoms with Crippen molar-refractivity contribution in [1.29, 1.82) is 0 Å². The monoisotopic (exact) mass is 274 g/mol. The van der Waals surface area contributed by atoms with Gasteiger partial charge in [0, 0.05) is 18.3 Å². The molecule has 0 saturated carbocycles. The van der Waals surface area contributed by atoms with E-state index in [9.17, 15) is 18.0 Å². The third kappa shape index (κ3) is 3.39. The smallest absolute Gasteiger partial charge is 0.388 e. The molecule has 1 aromatic carbocycles. The predicted octanol–water partition coefficient (Wildman–Crippen LogP) is 3.11. The van der Waals surface area contributed by atoms with Gasteiger partial charge >= 0.3 is 6.18 Å². The maximum atomic E-state index is 12.7. The average Bonchev–Trinajstić information content (AvgIpc) is 2.27. The van der Waals surface area contributed by atoms with E-state index in [1.54, 1.807) is 13.1 Å². The van der Waals surface area contributed by atoms with Crippen LogP contribution >= 0.6 is 0 Å². The van der Waals surface area contributed by atoms with E-state index < -0.39 is 17.6 Å². The summed E-state index contributed by atoms with van der Waals surface area (Å²) in [6, 6.07) is 4.70. The first-order chi connectivity index (χ1) is 8.58. The van der Waals surface area contributed by atoms with Crippen molar-refractivity contribution >= 4 is 11.6 Å². The lowest BCUT2D eigenvalue weighted by Gasteiger charge is -2.29. The molecule has 0 aliphatic rings. The van der Waals surface area contributed by atoms with E-state index in [4.69, 9.17) is 0 Å². The Kier molecular flexibility index (Phi) is 4.12. The van der Waals surface area contributed by atoms with Crippen LogP contribution in [0.2, 0.25) is 0 Å². The molecule has 1 aromatic rings. The van der Waals surface area contributed by atoms with Gasteiger partial charge < -0.3 is 10.6 Å². The number of benzene rings is 1. The second kappa shape index (κ2) is 5.11. The SMILES string of the molecule is CNc1cc(C(=O)NC(C)(C)C(F)(F)F)ccc1C. The predicted molar refractivity (Wildman–Crippen MR) is 68.3 cm³/mol. The molecule has 6 heteroatoms. The first-order valence-corrected chi connectivity index (χ1v) is 5.76. The Morgan fingerprint density at radius 1 is 1.21 bits per heavy atom. The average molecular weight is 274 g/mol. The molecule has 106 valence electrons. The van der Waals surface area contributed by atoms with Gasteiger partial charge in [0.1, 0.15) is 5.54 Å². The molecule has 0 saturated heterocycles. The molecule has 0 spiro atoms. The van der Waals surface area contributed by atoms with Crippen molar-refractivity contribution in [3.63, 3.8) is 0 Å². The molecule has 0 fully saturated rings. The van der Waals surface area contributed by atoms with Crippen molar-refractivity contribution < 1.29 is 18.0 Å². The first kappa shape index (κ1) is 15.3. The third-order valence-electron chi connectivity index (χ3n) is 2.90. The van der Waals surface area contributed by atoms with Crippen LogP contribution < -0.4 is 10.6 Å². The lowest BCUT2D eigenvalue weighted by atomic mass is 10.0. The summed E-state index contributed by atoms with van der Waals surface area (Å²) < 4.78 is 38.1. The highest BCUT2D eigenvalue weighted by molar-refractivity contribution is 5.95. The van der Waals surface area contributed by atoms with Crippen molar-refractivity contribution in [2.75, 3.05) is 12.4 Å². The minimum atomic E-state index is -4.50. The maximum Gasteiger partial charge on any atom is 0.410 e. The van der Waals surface area contributed by atoms with E-state index >= 15 is 0 Å². The van der Waals surface area contributed by atoms with Gasteiger partial charge in [-0.3, -0.25) is 4.79 Å². The fourth-order valence-electron chi connectivity index (χ4n) is 1.46. The molecule has 0 aliphatic carbocycles. The van der Waals surface area contributed by atoms with E-state index in [0.717, 1.165) is 19.4 Å². The van der Waals surface area contributed by atoms with E-state index in [2.05, 4.69) is 5.32 Å². The van der Waals surface area contributed by atoms with Gasteiger partial charge in [0.25, 0.3) is 5.91 Å². The zero-order valence-corrected chi connectivity index (χ0v) is 11.3. The second-order valence-corrected chi connectivity index (χ2v) is 4.86. The molecule has 0 aliphatic heterocycles. The van der Waals surface area contributed by atoms with Gasteiger partial charge in [0.15, 0.2) is 0 Å². The van der Waals surface area contributed by atoms with Crippen LogP contribution in [0.3, 0.4) is 0 Å². The van der Waals surface area contributed by atoms with E-state index in [1.165, 1.54) is 12.1 Å². The van der Waals surface area contributed by atoms with Crippen LogP contribution in [0.4, 0.5) is 18.9 Å². The van der Waals surface area contributed by atoms with Gasteiger partial charge in [-0.2, -0.15) is 13.2 Å². The lowest BCUT2D eigenvalue weighted by molar-refractivity contribution is -0.182. The molecule has 0 aromatic heterocycles. The molecule has 0 radical (unpaired) electrons. The standard InChI is InChI=1S/C13H17F3N2O/c1-8-5-6-9(7-10(8)17-4)11(19)18-12(2,3)13(14,15)16/h5-7,17H,1-4H3,(H,18,19). The summed E-state index contributed by atoms with van der Waals surface area (Å²) in [6.07, 6.45) is -4.50. The van der Waals surface area contributed by atoms with Gasteiger partial charge in [-0.1, -0.05) is 6.07 Å². The molecular weight excluding hydrogens is 257 g/mol. The van der Waals surface area contributed by atoms with Gasteiger partial charge in [-0.25, -0.2) is 0 Å². The molecular formula is C13H17F3N2O. The Labute approximate surface area is 110 Å². The Morgan fingerprint density at radius 3 is 2.26 bits per heavy atom. The van der Waals surface area contributed by atoms with Gasteiger partial charge in [-0.05, 0) is 38.5 Å². The van der Waals surface area contributed by atoms with Crippen LogP contribution in [0.5, 0.6) is 0 Å². The number of hydrogen-bond donors (Lipinski definition) is 2. The fourth-order valence-corrected chi connectivity index (χ4v) is 1.46. The molecule has 3 nitrogen and oxygen atoms in total. The van der Waals surface area contributed by atoms with Crippen LogP contribution in [0.1, 0.15) is 29.8 Å². The number of aryl methyl sites for hydroxylation is 1. The number of rotatable bonds is 3. The third-order valence-corrected chi connectivity index (χ3v) is 2.90. The van der Waals surface area contributed by atoms with Gasteiger partial charge in [-0.15, -0.1) is 0 Å². The fraction of sp³-hybridized carbons (Fsp3) is 0.462. The summed E-state index contributed by atoms with van der Waals surface area (Å²) in [5.74, 6) is -0.751. The Balaban J connectivity index is 2.96. The Morgan fingerprint density at radius 2 is 1.79 bits per heavy atom. The molecule has 19 heavy (non-hydrogen) atoms. The van der Waals surface area contributed by atoms with Crippen LogP contribution in [0.15, 0.2) is 18.2 Å². The summed E-state index contributed by atoms with van der Waals surface area (Å²) in [5.41, 5.74) is -0.465. The van der Waals surface area contributed by atoms with Crippen molar-refractivity contribution in [1.82, 2.24) is 5.32 Å².